The van der Waals surface area contributed by atoms with E-state index in [0.29, 0.717) is 0 Å². The molecule has 10 heavy (non-hydrogen) atoms. The van der Waals surface area contributed by atoms with Gasteiger partial charge in [-0.15, -0.1) is 0 Å². The highest BCUT2D eigenvalue weighted by atomic mass is 16.6. The molecule has 0 atom stereocenters. The fraction of sp³-hybridized carbons (Fsp3) is 0.333. The molecule has 4 nitrogen and oxygen atoms in total. The van der Waals surface area contributed by atoms with Gasteiger partial charge in [-0.2, -0.15) is 0 Å². The first-order valence-corrected chi connectivity index (χ1v) is 2.78. The van der Waals surface area contributed by atoms with E-state index in [0.717, 1.165) is 6.08 Å². The third-order valence-corrected chi connectivity index (χ3v) is 0.684. The van der Waals surface area contributed by atoms with E-state index >= 15 is 0 Å². The molecular weight excluding hydrogens is 134 g/mol. The van der Waals surface area contributed by atoms with Gasteiger partial charge in [0.15, 0.2) is 0 Å². The van der Waals surface area contributed by atoms with Crippen molar-refractivity contribution in [3.63, 3.8) is 0 Å². The summed E-state index contributed by atoms with van der Waals surface area (Å²) in [5.41, 5.74) is 4.87. The molecule has 0 aliphatic heterocycles. The zero-order valence-corrected chi connectivity index (χ0v) is 5.66. The first-order valence-electron chi connectivity index (χ1n) is 2.78. The SMILES string of the molecule is C/C=C\C(=O)OC(=O)CN. The molecule has 0 radical (unpaired) electrons. The molecule has 0 spiro atoms. The summed E-state index contributed by atoms with van der Waals surface area (Å²) in [6.45, 7) is 1.37. The predicted octanol–water partition coefficient (Wildman–Crippen LogP) is -0.409. The van der Waals surface area contributed by atoms with Crippen LogP contribution in [0.3, 0.4) is 0 Å². The Morgan fingerprint density at radius 3 is 2.60 bits per heavy atom. The maximum Gasteiger partial charge on any atom is 0.338 e. The van der Waals surface area contributed by atoms with Crippen molar-refractivity contribution in [2.75, 3.05) is 6.54 Å². The molecule has 56 valence electrons. The fourth-order valence-electron chi connectivity index (χ4n) is 0.324. The van der Waals surface area contributed by atoms with Gasteiger partial charge in [-0.1, -0.05) is 6.08 Å². The van der Waals surface area contributed by atoms with Crippen LogP contribution < -0.4 is 5.73 Å². The van der Waals surface area contributed by atoms with Gasteiger partial charge in [0.1, 0.15) is 0 Å². The molecule has 0 aromatic carbocycles. The van der Waals surface area contributed by atoms with E-state index < -0.39 is 11.9 Å². The second-order valence-corrected chi connectivity index (χ2v) is 1.50. The number of esters is 2. The number of nitrogens with two attached hydrogens (primary N) is 1. The maximum atomic E-state index is 10.4. The van der Waals surface area contributed by atoms with Crippen molar-refractivity contribution in [3.8, 4) is 0 Å². The van der Waals surface area contributed by atoms with Gasteiger partial charge in [-0.25, -0.2) is 4.79 Å². The van der Waals surface area contributed by atoms with E-state index in [2.05, 4.69) is 4.74 Å². The number of ether oxygens (including phenoxy) is 1. The average Bonchev–Trinajstić information content (AvgIpc) is 1.88. The van der Waals surface area contributed by atoms with Crippen LogP contribution in [0.15, 0.2) is 12.2 Å². The number of allylic oxidation sites excluding steroid dienone is 1. The summed E-state index contributed by atoms with van der Waals surface area (Å²) in [6.07, 6.45) is 2.62. The minimum absolute atomic E-state index is 0.275. The van der Waals surface area contributed by atoms with Gasteiger partial charge in [-0.3, -0.25) is 4.79 Å². The molecule has 0 saturated heterocycles. The second kappa shape index (κ2) is 4.69. The van der Waals surface area contributed by atoms with Crippen molar-refractivity contribution < 1.29 is 14.3 Å². The molecule has 0 aliphatic rings. The van der Waals surface area contributed by atoms with Gasteiger partial charge in [0, 0.05) is 6.08 Å². The lowest BCUT2D eigenvalue weighted by Crippen LogP contribution is -2.19. The zero-order valence-electron chi connectivity index (χ0n) is 5.66. The summed E-state index contributed by atoms with van der Waals surface area (Å²) in [4.78, 5) is 20.7. The van der Waals surface area contributed by atoms with E-state index in [1.165, 1.54) is 6.08 Å². The lowest BCUT2D eigenvalue weighted by molar-refractivity contribution is -0.155. The lowest BCUT2D eigenvalue weighted by Gasteiger charge is -1.93. The monoisotopic (exact) mass is 143 g/mol. The molecule has 0 bridgehead atoms. The molecule has 2 N–H and O–H groups in total. The van der Waals surface area contributed by atoms with Crippen LogP contribution in [-0.4, -0.2) is 18.5 Å². The van der Waals surface area contributed by atoms with Gasteiger partial charge in [0.05, 0.1) is 6.54 Å². The van der Waals surface area contributed by atoms with Crippen LogP contribution in [0.4, 0.5) is 0 Å². The largest absolute Gasteiger partial charge is 0.389 e. The van der Waals surface area contributed by atoms with E-state index in [-0.39, 0.29) is 6.54 Å². The average molecular weight is 143 g/mol. The van der Waals surface area contributed by atoms with Gasteiger partial charge in [-0.05, 0) is 6.92 Å². The summed E-state index contributed by atoms with van der Waals surface area (Å²) < 4.78 is 4.15. The third-order valence-electron chi connectivity index (χ3n) is 0.684. The van der Waals surface area contributed by atoms with Crippen LogP contribution in [0.5, 0.6) is 0 Å². The fourth-order valence-corrected chi connectivity index (χ4v) is 0.324. The van der Waals surface area contributed by atoms with Crippen LogP contribution in [-0.2, 0) is 14.3 Å². The third kappa shape index (κ3) is 3.80. The van der Waals surface area contributed by atoms with Crippen LogP contribution in [0.25, 0.3) is 0 Å². The van der Waals surface area contributed by atoms with E-state index in [4.69, 9.17) is 5.73 Å². The summed E-state index contributed by atoms with van der Waals surface area (Å²) in [7, 11) is 0. The topological polar surface area (TPSA) is 69.4 Å². The highest BCUT2D eigenvalue weighted by molar-refractivity contribution is 5.92. The maximum absolute atomic E-state index is 10.4. The van der Waals surface area contributed by atoms with Crippen molar-refractivity contribution in [3.05, 3.63) is 12.2 Å². The Labute approximate surface area is 58.7 Å². The molecule has 0 fully saturated rings. The molecule has 0 saturated carbocycles. The van der Waals surface area contributed by atoms with Crippen LogP contribution in [0, 0.1) is 0 Å². The molecule has 0 aromatic heterocycles. The first-order chi connectivity index (χ1) is 4.70. The molecular formula is C6H9NO3. The molecule has 0 aliphatic carbocycles. The van der Waals surface area contributed by atoms with Gasteiger partial charge < -0.3 is 10.5 Å². The van der Waals surface area contributed by atoms with Crippen molar-refractivity contribution >= 4 is 11.9 Å². The van der Waals surface area contributed by atoms with Crippen molar-refractivity contribution in [2.24, 2.45) is 5.73 Å². The number of rotatable bonds is 2. The number of hydrogen-bond donors (Lipinski definition) is 1. The molecule has 0 unspecified atom stereocenters. The Kier molecular flexibility index (Phi) is 4.15. The highest BCUT2D eigenvalue weighted by Crippen LogP contribution is 1.80. The van der Waals surface area contributed by atoms with E-state index in [9.17, 15) is 9.59 Å². The predicted molar refractivity (Wildman–Crippen MR) is 35.0 cm³/mol. The Morgan fingerprint density at radius 2 is 2.20 bits per heavy atom. The zero-order chi connectivity index (χ0) is 7.98. The summed E-state index contributed by atoms with van der Waals surface area (Å²) >= 11 is 0. The highest BCUT2D eigenvalue weighted by Gasteiger charge is 2.02. The van der Waals surface area contributed by atoms with Crippen LogP contribution in [0.2, 0.25) is 0 Å². The van der Waals surface area contributed by atoms with Gasteiger partial charge in [0.25, 0.3) is 0 Å². The van der Waals surface area contributed by atoms with E-state index in [1.54, 1.807) is 6.92 Å². The number of carbonyl (C=O) groups excluding carboxylic acids is 2. The summed E-state index contributed by atoms with van der Waals surface area (Å²) in [6, 6.07) is 0. The lowest BCUT2D eigenvalue weighted by atomic mass is 10.5. The van der Waals surface area contributed by atoms with Gasteiger partial charge in [0.2, 0.25) is 0 Å². The van der Waals surface area contributed by atoms with Crippen molar-refractivity contribution in [1.29, 1.82) is 0 Å². The molecule has 0 rings (SSSR count). The first kappa shape index (κ1) is 8.84. The molecule has 0 amide bonds. The number of hydrogen-bond acceptors (Lipinski definition) is 4. The van der Waals surface area contributed by atoms with Gasteiger partial charge >= 0.3 is 11.9 Å². The summed E-state index contributed by atoms with van der Waals surface area (Å²) in [5.74, 6) is -1.40. The minimum Gasteiger partial charge on any atom is -0.389 e. The van der Waals surface area contributed by atoms with E-state index in [1.807, 2.05) is 0 Å². The molecule has 0 aromatic rings. The smallest absolute Gasteiger partial charge is 0.338 e. The molecule has 0 heterocycles. The van der Waals surface area contributed by atoms with Crippen molar-refractivity contribution in [2.45, 2.75) is 6.92 Å². The quantitative estimate of drug-likeness (QED) is 0.324. The Morgan fingerprint density at radius 1 is 1.60 bits per heavy atom. The Balaban J connectivity index is 3.68. The van der Waals surface area contributed by atoms with Crippen molar-refractivity contribution in [1.82, 2.24) is 0 Å². The second-order valence-electron chi connectivity index (χ2n) is 1.50. The summed E-state index contributed by atoms with van der Waals surface area (Å²) in [5, 5.41) is 0. The van der Waals surface area contributed by atoms with Crippen LogP contribution >= 0.6 is 0 Å². The number of carbonyl (C=O) groups is 2. The Hall–Kier alpha value is -1.16. The standard InChI is InChI=1S/C6H9NO3/c1-2-3-5(8)10-6(9)4-7/h2-3H,4,7H2,1H3/b3-2-. The Bertz CT molecular complexity index is 162. The normalized spacial score (nSPS) is 9.80. The minimum atomic E-state index is -0.719. The molecule has 4 heteroatoms. The van der Waals surface area contributed by atoms with Crippen LogP contribution in [0.1, 0.15) is 6.92 Å².